The van der Waals surface area contributed by atoms with E-state index in [-0.39, 0.29) is 23.4 Å². The highest BCUT2D eigenvalue weighted by Crippen LogP contribution is 2.43. The predicted molar refractivity (Wildman–Crippen MR) is 127 cm³/mol. The largest absolute Gasteiger partial charge is 0.455 e. The van der Waals surface area contributed by atoms with Crippen LogP contribution in [0.3, 0.4) is 0 Å². The van der Waals surface area contributed by atoms with Gasteiger partial charge in [0.05, 0.1) is 18.8 Å². The van der Waals surface area contributed by atoms with Crippen LogP contribution < -0.4 is 20.3 Å². The van der Waals surface area contributed by atoms with Gasteiger partial charge in [-0.05, 0) is 44.0 Å². The van der Waals surface area contributed by atoms with Gasteiger partial charge < -0.3 is 25.5 Å². The summed E-state index contributed by atoms with van der Waals surface area (Å²) < 4.78 is 25.5. The molecular weight excluding hydrogens is 437 g/mol. The Kier molecular flexibility index (Phi) is 6.80. The molecule has 2 aromatic rings. The Morgan fingerprint density at radius 2 is 2.15 bits per heavy atom. The monoisotopic (exact) mass is 463 g/mol. The maximum atomic E-state index is 14.3. The van der Waals surface area contributed by atoms with Gasteiger partial charge in [0.2, 0.25) is 0 Å². The second kappa shape index (κ2) is 9.93. The Morgan fingerprint density at radius 1 is 1.35 bits per heavy atom. The summed E-state index contributed by atoms with van der Waals surface area (Å²) in [7, 11) is 1.33. The first-order chi connectivity index (χ1) is 16.5. The molecule has 2 aromatic carbocycles. The molecule has 1 fully saturated rings. The lowest BCUT2D eigenvalue weighted by Gasteiger charge is -2.35. The van der Waals surface area contributed by atoms with Crippen molar-refractivity contribution in [3.8, 4) is 17.6 Å². The molecule has 176 valence electrons. The molecule has 34 heavy (non-hydrogen) atoms. The summed E-state index contributed by atoms with van der Waals surface area (Å²) >= 11 is 0. The highest BCUT2D eigenvalue weighted by molar-refractivity contribution is 6.10. The number of carbonyl (C=O) groups excluding carboxylic acids is 1. The quantitative estimate of drug-likeness (QED) is 0.560. The zero-order valence-electron chi connectivity index (χ0n) is 19.0. The van der Waals surface area contributed by atoms with Crippen LogP contribution in [0.2, 0.25) is 0 Å². The summed E-state index contributed by atoms with van der Waals surface area (Å²) in [5.74, 6) is -0.234. The van der Waals surface area contributed by atoms with Crippen molar-refractivity contribution in [2.45, 2.75) is 31.8 Å². The molecular formula is C25H26FN5O3. The first-order valence-corrected chi connectivity index (χ1v) is 11.1. The van der Waals surface area contributed by atoms with Gasteiger partial charge in [0.25, 0.3) is 0 Å². The van der Waals surface area contributed by atoms with Gasteiger partial charge in [-0.3, -0.25) is 4.90 Å². The fourth-order valence-corrected chi connectivity index (χ4v) is 4.14. The molecule has 3 N–H and O–H groups in total. The Balaban J connectivity index is 1.87. The number of fused-ring (bicyclic) bond motifs is 1. The number of nitriles is 1. The van der Waals surface area contributed by atoms with E-state index in [0.717, 1.165) is 18.7 Å². The number of methoxy groups -OCH3 is 1. The van der Waals surface area contributed by atoms with Crippen LogP contribution in [0.5, 0.6) is 11.5 Å². The van der Waals surface area contributed by atoms with Crippen LogP contribution in [0.1, 0.15) is 30.0 Å². The van der Waals surface area contributed by atoms with E-state index in [1.165, 1.54) is 31.5 Å². The van der Waals surface area contributed by atoms with Crippen LogP contribution in [0, 0.1) is 22.6 Å². The van der Waals surface area contributed by atoms with Gasteiger partial charge in [-0.2, -0.15) is 5.26 Å². The van der Waals surface area contributed by atoms with E-state index in [2.05, 4.69) is 10.6 Å². The molecule has 0 radical (unpaired) electrons. The SMILES string of the molecule is COC(=O)N1c2ccc(/C(C=N)=C/NC3CNC3)c(Oc3cccc(F)c3C#N)c2CC[C@@H]1C. The van der Waals surface area contributed by atoms with E-state index >= 15 is 0 Å². The number of allylic oxidation sites excluding steroid dienone is 1. The van der Waals surface area contributed by atoms with Crippen molar-refractivity contribution in [3.05, 3.63) is 59.0 Å². The molecule has 2 heterocycles. The molecule has 1 atom stereocenters. The summed E-state index contributed by atoms with van der Waals surface area (Å²) in [5.41, 5.74) is 2.30. The Bertz CT molecular complexity index is 1190. The molecule has 4 rings (SSSR count). The van der Waals surface area contributed by atoms with Gasteiger partial charge in [0.15, 0.2) is 0 Å². The van der Waals surface area contributed by atoms with Crippen LogP contribution in [0.15, 0.2) is 36.5 Å². The molecule has 0 aromatic heterocycles. The number of nitrogens with zero attached hydrogens (tertiary/aromatic N) is 2. The van der Waals surface area contributed by atoms with Crippen molar-refractivity contribution in [1.29, 1.82) is 10.7 Å². The Morgan fingerprint density at radius 3 is 2.79 bits per heavy atom. The van der Waals surface area contributed by atoms with Crippen LogP contribution in [0.25, 0.3) is 5.57 Å². The maximum Gasteiger partial charge on any atom is 0.414 e. The number of benzene rings is 2. The lowest BCUT2D eigenvalue weighted by Crippen LogP contribution is -2.53. The zero-order valence-corrected chi connectivity index (χ0v) is 19.0. The minimum Gasteiger partial charge on any atom is -0.455 e. The van der Waals surface area contributed by atoms with E-state index < -0.39 is 11.9 Å². The maximum absolute atomic E-state index is 14.3. The van der Waals surface area contributed by atoms with Gasteiger partial charge in [-0.25, -0.2) is 9.18 Å². The highest BCUT2D eigenvalue weighted by atomic mass is 19.1. The molecule has 0 saturated carbocycles. The Hall–Kier alpha value is -3.90. The lowest BCUT2D eigenvalue weighted by molar-refractivity contribution is 0.175. The summed E-state index contributed by atoms with van der Waals surface area (Å²) in [6.07, 6.45) is 3.74. The third-order valence-electron chi connectivity index (χ3n) is 6.14. The molecule has 2 aliphatic rings. The van der Waals surface area contributed by atoms with Gasteiger partial charge in [-0.1, -0.05) is 6.07 Å². The molecule has 0 bridgehead atoms. The number of amides is 1. The first kappa shape index (κ1) is 23.3. The van der Waals surface area contributed by atoms with Gasteiger partial charge in [-0.15, -0.1) is 0 Å². The Labute approximate surface area is 197 Å². The number of hydrogen-bond donors (Lipinski definition) is 3. The van der Waals surface area contributed by atoms with Crippen LogP contribution in [-0.4, -0.2) is 44.6 Å². The predicted octanol–water partition coefficient (Wildman–Crippen LogP) is 3.95. The van der Waals surface area contributed by atoms with Gasteiger partial charge >= 0.3 is 6.09 Å². The van der Waals surface area contributed by atoms with Crippen molar-refractivity contribution in [1.82, 2.24) is 10.6 Å². The summed E-state index contributed by atoms with van der Waals surface area (Å²) in [4.78, 5) is 14.1. The van der Waals surface area contributed by atoms with Gasteiger partial charge in [0, 0.05) is 48.2 Å². The summed E-state index contributed by atoms with van der Waals surface area (Å²) in [6.45, 7) is 3.60. The van der Waals surface area contributed by atoms with Crippen molar-refractivity contribution >= 4 is 23.6 Å². The van der Waals surface area contributed by atoms with Crippen molar-refractivity contribution in [2.24, 2.45) is 0 Å². The number of halogens is 1. The minimum absolute atomic E-state index is 0.0703. The topological polar surface area (TPSA) is 110 Å². The number of rotatable bonds is 6. The van der Waals surface area contributed by atoms with Crippen molar-refractivity contribution < 1.29 is 18.7 Å². The van der Waals surface area contributed by atoms with E-state index in [1.54, 1.807) is 17.2 Å². The summed E-state index contributed by atoms with van der Waals surface area (Å²) in [6, 6.07) is 9.82. The molecule has 0 aliphatic carbocycles. The number of carbonyl (C=O) groups is 1. The second-order valence-electron chi connectivity index (χ2n) is 8.26. The van der Waals surface area contributed by atoms with E-state index in [4.69, 9.17) is 14.9 Å². The second-order valence-corrected chi connectivity index (χ2v) is 8.26. The molecule has 1 amide bonds. The fraction of sp³-hybridized carbons (Fsp3) is 0.320. The number of hydrogen-bond acceptors (Lipinski definition) is 7. The number of nitrogens with one attached hydrogen (secondary N) is 3. The molecule has 9 heteroatoms. The third kappa shape index (κ3) is 4.32. The third-order valence-corrected chi connectivity index (χ3v) is 6.14. The molecule has 8 nitrogen and oxygen atoms in total. The standard InChI is InChI=1S/C25H26FN5O3/c1-15-6-7-19-22(31(15)25(32)33-2)9-8-18(16(10-27)12-30-17-13-29-14-17)24(19)34-23-5-3-4-21(26)20(23)11-28/h3-5,8-10,12,15,17,27,29-30H,6-7,13-14H2,1-2H3/b16-12+,27-10?/t15-/m0/s1. The van der Waals surface area contributed by atoms with Crippen LogP contribution in [-0.2, 0) is 11.2 Å². The first-order valence-electron chi connectivity index (χ1n) is 11.1. The van der Waals surface area contributed by atoms with E-state index in [9.17, 15) is 14.4 Å². The summed E-state index contributed by atoms with van der Waals surface area (Å²) in [5, 5.41) is 24.0. The van der Waals surface area contributed by atoms with Crippen LogP contribution >= 0.6 is 0 Å². The fourth-order valence-electron chi connectivity index (χ4n) is 4.14. The minimum atomic E-state index is -0.682. The molecule has 2 aliphatic heterocycles. The molecule has 0 unspecified atom stereocenters. The van der Waals surface area contributed by atoms with Crippen LogP contribution in [0.4, 0.5) is 14.9 Å². The zero-order chi connectivity index (χ0) is 24.2. The average Bonchev–Trinajstić information content (AvgIpc) is 2.81. The molecule has 1 saturated heterocycles. The smallest absolute Gasteiger partial charge is 0.414 e. The van der Waals surface area contributed by atoms with E-state index in [1.807, 2.05) is 19.1 Å². The average molecular weight is 464 g/mol. The normalized spacial score (nSPS) is 17.8. The van der Waals surface area contributed by atoms with Crippen molar-refractivity contribution in [2.75, 3.05) is 25.1 Å². The highest BCUT2D eigenvalue weighted by Gasteiger charge is 2.32. The number of ether oxygens (including phenoxy) is 2. The van der Waals surface area contributed by atoms with E-state index in [0.29, 0.717) is 35.4 Å². The lowest BCUT2D eigenvalue weighted by atomic mass is 9.92. The molecule has 0 spiro atoms. The number of anilines is 1. The van der Waals surface area contributed by atoms with Crippen molar-refractivity contribution in [3.63, 3.8) is 0 Å². The van der Waals surface area contributed by atoms with Gasteiger partial charge in [0.1, 0.15) is 28.9 Å².